The number of methoxy groups -OCH3 is 1. The Morgan fingerprint density at radius 1 is 1.53 bits per heavy atom. The van der Waals surface area contributed by atoms with Crippen molar-refractivity contribution >= 4 is 11.9 Å². The monoisotopic (exact) mass is 272 g/mol. The van der Waals surface area contributed by atoms with Crippen molar-refractivity contribution in [3.63, 3.8) is 0 Å². The van der Waals surface area contributed by atoms with Crippen LogP contribution in [-0.4, -0.2) is 73.5 Å². The third-order valence-corrected chi connectivity index (χ3v) is 3.64. The largest absolute Gasteiger partial charge is 0.481 e. The van der Waals surface area contributed by atoms with Crippen LogP contribution in [0.2, 0.25) is 0 Å². The summed E-state index contributed by atoms with van der Waals surface area (Å²) >= 11 is 0. The van der Waals surface area contributed by atoms with Crippen LogP contribution in [0.4, 0.5) is 0 Å². The van der Waals surface area contributed by atoms with E-state index in [-0.39, 0.29) is 30.5 Å². The van der Waals surface area contributed by atoms with E-state index in [2.05, 4.69) is 5.32 Å². The molecule has 7 nitrogen and oxygen atoms in total. The Hall–Kier alpha value is -1.18. The van der Waals surface area contributed by atoms with Crippen molar-refractivity contribution in [3.8, 4) is 0 Å². The number of carbonyl (C=O) groups is 2. The van der Waals surface area contributed by atoms with Gasteiger partial charge in [0.05, 0.1) is 37.8 Å². The Balaban J connectivity index is 1.97. The first-order valence-corrected chi connectivity index (χ1v) is 6.48. The second-order valence-corrected chi connectivity index (χ2v) is 4.91. The molecule has 2 N–H and O–H groups in total. The van der Waals surface area contributed by atoms with Crippen LogP contribution < -0.4 is 5.32 Å². The number of rotatable bonds is 4. The molecule has 0 aromatic heterocycles. The zero-order valence-electron chi connectivity index (χ0n) is 11.0. The number of hydrogen-bond acceptors (Lipinski definition) is 5. The summed E-state index contributed by atoms with van der Waals surface area (Å²) in [5.41, 5.74) is 0. The summed E-state index contributed by atoms with van der Waals surface area (Å²) in [6, 6.07) is -0.651. The Bertz CT molecular complexity index is 349. The maximum Gasteiger partial charge on any atom is 0.305 e. The van der Waals surface area contributed by atoms with E-state index in [0.717, 1.165) is 0 Å². The van der Waals surface area contributed by atoms with Crippen molar-refractivity contribution in [3.05, 3.63) is 0 Å². The number of nitrogens with zero attached hydrogens (tertiary/aromatic N) is 1. The summed E-state index contributed by atoms with van der Waals surface area (Å²) in [7, 11) is 1.63. The molecule has 3 unspecified atom stereocenters. The molecule has 0 bridgehead atoms. The van der Waals surface area contributed by atoms with Gasteiger partial charge in [-0.05, 0) is 6.42 Å². The highest BCUT2D eigenvalue weighted by Crippen LogP contribution is 2.17. The maximum atomic E-state index is 12.4. The molecular weight excluding hydrogens is 252 g/mol. The molecule has 2 fully saturated rings. The van der Waals surface area contributed by atoms with Crippen LogP contribution in [0, 0.1) is 0 Å². The van der Waals surface area contributed by atoms with E-state index in [1.807, 2.05) is 0 Å². The summed E-state index contributed by atoms with van der Waals surface area (Å²) in [6.07, 6.45) is 0.603. The second-order valence-electron chi connectivity index (χ2n) is 4.91. The molecule has 0 aromatic rings. The Kier molecular flexibility index (Phi) is 4.73. The molecule has 2 aliphatic heterocycles. The average molecular weight is 272 g/mol. The smallest absolute Gasteiger partial charge is 0.305 e. The molecule has 1 amide bonds. The molecule has 0 aliphatic carbocycles. The summed E-state index contributed by atoms with van der Waals surface area (Å²) in [5, 5.41) is 12.0. The van der Waals surface area contributed by atoms with Crippen LogP contribution in [0.15, 0.2) is 0 Å². The van der Waals surface area contributed by atoms with Crippen LogP contribution in [-0.2, 0) is 19.1 Å². The first-order chi connectivity index (χ1) is 9.11. The van der Waals surface area contributed by atoms with Gasteiger partial charge < -0.3 is 24.8 Å². The van der Waals surface area contributed by atoms with Gasteiger partial charge in [-0.1, -0.05) is 0 Å². The lowest BCUT2D eigenvalue weighted by molar-refractivity contribution is -0.147. The Morgan fingerprint density at radius 3 is 2.95 bits per heavy atom. The highest BCUT2D eigenvalue weighted by atomic mass is 16.5. The van der Waals surface area contributed by atoms with Crippen LogP contribution >= 0.6 is 0 Å². The van der Waals surface area contributed by atoms with Gasteiger partial charge >= 0.3 is 5.97 Å². The molecule has 19 heavy (non-hydrogen) atoms. The van der Waals surface area contributed by atoms with Crippen LogP contribution in [0.3, 0.4) is 0 Å². The van der Waals surface area contributed by atoms with Crippen LogP contribution in [0.1, 0.15) is 12.8 Å². The van der Waals surface area contributed by atoms with Gasteiger partial charge in [-0.15, -0.1) is 0 Å². The Labute approximate surface area is 111 Å². The van der Waals surface area contributed by atoms with Crippen molar-refractivity contribution in [2.75, 3.05) is 33.4 Å². The van der Waals surface area contributed by atoms with Crippen molar-refractivity contribution < 1.29 is 24.2 Å². The predicted molar refractivity (Wildman–Crippen MR) is 65.8 cm³/mol. The lowest BCUT2D eigenvalue weighted by Gasteiger charge is -2.36. The van der Waals surface area contributed by atoms with Gasteiger partial charge in [0.2, 0.25) is 5.91 Å². The minimum Gasteiger partial charge on any atom is -0.481 e. The quantitative estimate of drug-likeness (QED) is 0.687. The summed E-state index contributed by atoms with van der Waals surface area (Å²) in [4.78, 5) is 24.9. The zero-order chi connectivity index (χ0) is 13.8. The first-order valence-electron chi connectivity index (χ1n) is 6.48. The molecule has 108 valence electrons. The van der Waals surface area contributed by atoms with Gasteiger partial charge in [-0.25, -0.2) is 0 Å². The summed E-state index contributed by atoms with van der Waals surface area (Å²) in [6.45, 7) is 1.86. The number of morpholine rings is 1. The molecule has 0 aromatic carbocycles. The molecular formula is C12H20N2O5. The fraction of sp³-hybridized carbons (Fsp3) is 0.833. The van der Waals surface area contributed by atoms with E-state index in [0.29, 0.717) is 32.7 Å². The molecule has 0 radical (unpaired) electrons. The average Bonchev–Trinajstić information content (AvgIpc) is 2.86. The molecule has 0 spiro atoms. The third-order valence-electron chi connectivity index (χ3n) is 3.64. The second kappa shape index (κ2) is 6.31. The number of carboxylic acids is 1. The highest BCUT2D eigenvalue weighted by molar-refractivity contribution is 5.83. The van der Waals surface area contributed by atoms with Gasteiger partial charge in [0, 0.05) is 20.2 Å². The topological polar surface area (TPSA) is 88.1 Å². The number of carboxylic acid groups (broad SMARTS) is 1. The van der Waals surface area contributed by atoms with Crippen molar-refractivity contribution in [2.45, 2.75) is 31.0 Å². The third kappa shape index (κ3) is 3.43. The van der Waals surface area contributed by atoms with E-state index < -0.39 is 5.97 Å². The standard InChI is InChI=1S/C12H20N2O5/c1-18-9-5-10(13-6-9)12(17)14-2-3-19-7-8(14)4-11(15)16/h8-10,13H,2-7H2,1H3,(H,15,16). The van der Waals surface area contributed by atoms with E-state index in [9.17, 15) is 9.59 Å². The number of nitrogens with one attached hydrogen (secondary N) is 1. The molecule has 2 rings (SSSR count). The zero-order valence-corrected chi connectivity index (χ0v) is 11.0. The molecule has 0 saturated carbocycles. The molecule has 7 heteroatoms. The van der Waals surface area contributed by atoms with E-state index >= 15 is 0 Å². The molecule has 2 saturated heterocycles. The number of amides is 1. The molecule has 2 aliphatic rings. The predicted octanol–water partition coefficient (Wildman–Crippen LogP) is -0.935. The molecule has 2 heterocycles. The summed E-state index contributed by atoms with van der Waals surface area (Å²) < 4.78 is 10.5. The van der Waals surface area contributed by atoms with Crippen molar-refractivity contribution in [1.82, 2.24) is 10.2 Å². The lowest BCUT2D eigenvalue weighted by Crippen LogP contribution is -2.54. The van der Waals surface area contributed by atoms with Gasteiger partial charge in [-0.3, -0.25) is 9.59 Å². The number of carbonyl (C=O) groups excluding carboxylic acids is 1. The van der Waals surface area contributed by atoms with Gasteiger partial charge in [0.25, 0.3) is 0 Å². The normalized spacial score (nSPS) is 31.4. The van der Waals surface area contributed by atoms with Crippen molar-refractivity contribution in [2.24, 2.45) is 0 Å². The van der Waals surface area contributed by atoms with Gasteiger partial charge in [0.15, 0.2) is 0 Å². The lowest BCUT2D eigenvalue weighted by atomic mass is 10.1. The SMILES string of the molecule is COC1CNC(C(=O)N2CCOCC2CC(=O)O)C1. The first kappa shape index (κ1) is 14.2. The highest BCUT2D eigenvalue weighted by Gasteiger charge is 2.36. The minimum absolute atomic E-state index is 0.0471. The Morgan fingerprint density at radius 2 is 2.32 bits per heavy atom. The van der Waals surface area contributed by atoms with Gasteiger partial charge in [-0.2, -0.15) is 0 Å². The molecule has 3 atom stereocenters. The van der Waals surface area contributed by atoms with Gasteiger partial charge in [0.1, 0.15) is 0 Å². The van der Waals surface area contributed by atoms with Crippen molar-refractivity contribution in [1.29, 1.82) is 0 Å². The maximum absolute atomic E-state index is 12.4. The number of hydrogen-bond donors (Lipinski definition) is 2. The summed E-state index contributed by atoms with van der Waals surface area (Å²) in [5.74, 6) is -0.962. The van der Waals surface area contributed by atoms with E-state index in [1.165, 1.54) is 0 Å². The van der Waals surface area contributed by atoms with Crippen LogP contribution in [0.5, 0.6) is 0 Å². The fourth-order valence-electron chi connectivity index (χ4n) is 2.59. The number of aliphatic carboxylic acids is 1. The van der Waals surface area contributed by atoms with E-state index in [1.54, 1.807) is 12.0 Å². The number of ether oxygens (including phenoxy) is 2. The minimum atomic E-state index is -0.914. The van der Waals surface area contributed by atoms with Crippen LogP contribution in [0.25, 0.3) is 0 Å². The fourth-order valence-corrected chi connectivity index (χ4v) is 2.59. The van der Waals surface area contributed by atoms with E-state index in [4.69, 9.17) is 14.6 Å².